The topological polar surface area (TPSA) is 94.9 Å². The molecule has 6 nitrogen and oxygen atoms in total. The van der Waals surface area contributed by atoms with Crippen molar-refractivity contribution in [2.45, 2.75) is 31.5 Å². The molecule has 4 atom stereocenters. The third-order valence-electron chi connectivity index (χ3n) is 4.73. The molecule has 2 saturated heterocycles. The normalized spacial score (nSPS) is 31.2. The van der Waals surface area contributed by atoms with E-state index in [2.05, 4.69) is 0 Å². The number of nitrogens with zero attached hydrogens (tertiary/aromatic N) is 1. The van der Waals surface area contributed by atoms with E-state index >= 15 is 0 Å². The van der Waals surface area contributed by atoms with Gasteiger partial charge in [0.1, 0.15) is 11.8 Å². The van der Waals surface area contributed by atoms with Gasteiger partial charge in [-0.3, -0.25) is 19.3 Å². The average Bonchev–Trinajstić information content (AvgIpc) is 2.76. The minimum Gasteiger partial charge on any atom is -0.481 e. The molecule has 1 aromatic carbocycles. The molecule has 2 fully saturated rings. The molecule has 0 amide bonds. The molecular formula is C16H17NO5. The number of piperidine rings is 1. The summed E-state index contributed by atoms with van der Waals surface area (Å²) in [5.74, 6) is -5.59. The first-order valence-electron chi connectivity index (χ1n) is 7.29. The number of aliphatic carboxylic acids is 2. The molecule has 2 bridgehead atoms. The molecule has 22 heavy (non-hydrogen) atoms. The fraction of sp³-hybridized carbons (Fsp3) is 0.438. The summed E-state index contributed by atoms with van der Waals surface area (Å²) in [6.45, 7) is 0.469. The summed E-state index contributed by atoms with van der Waals surface area (Å²) in [6.07, 6.45) is 1.09. The minimum absolute atomic E-state index is 0.411. The zero-order chi connectivity index (χ0) is 15.9. The first kappa shape index (κ1) is 14.7. The number of hydrogen-bond donors (Lipinski definition) is 2. The largest absolute Gasteiger partial charge is 0.481 e. The number of carboxylic acid groups (broad SMARTS) is 2. The van der Waals surface area contributed by atoms with Gasteiger partial charge in [-0.25, -0.2) is 0 Å². The Morgan fingerprint density at radius 2 is 1.50 bits per heavy atom. The van der Waals surface area contributed by atoms with Crippen LogP contribution in [0.2, 0.25) is 0 Å². The molecule has 1 aromatic rings. The van der Waals surface area contributed by atoms with E-state index in [9.17, 15) is 24.6 Å². The number of benzene rings is 1. The van der Waals surface area contributed by atoms with E-state index in [1.54, 1.807) is 0 Å². The maximum absolute atomic E-state index is 12.3. The lowest BCUT2D eigenvalue weighted by molar-refractivity contribution is -0.161. The molecule has 4 unspecified atom stereocenters. The predicted octanol–water partition coefficient (Wildman–Crippen LogP) is 1.00. The Hall–Kier alpha value is -2.21. The molecular weight excluding hydrogens is 286 g/mol. The molecule has 0 aromatic heterocycles. The molecule has 0 saturated carbocycles. The maximum atomic E-state index is 12.3. The number of carboxylic acids is 2. The van der Waals surface area contributed by atoms with Gasteiger partial charge in [0, 0.05) is 18.6 Å². The van der Waals surface area contributed by atoms with Crippen LogP contribution in [0.5, 0.6) is 0 Å². The Bertz CT molecular complexity index is 582. The number of hydrogen-bond acceptors (Lipinski definition) is 4. The maximum Gasteiger partial charge on any atom is 0.315 e. The van der Waals surface area contributed by atoms with Gasteiger partial charge in [0.05, 0.1) is 0 Å². The second-order valence-electron chi connectivity index (χ2n) is 5.90. The number of ketones is 1. The van der Waals surface area contributed by atoms with Gasteiger partial charge in [0.25, 0.3) is 0 Å². The Balaban J connectivity index is 1.95. The summed E-state index contributed by atoms with van der Waals surface area (Å²) in [6, 6.07) is 8.67. The van der Waals surface area contributed by atoms with Crippen molar-refractivity contribution in [1.82, 2.24) is 4.90 Å². The lowest BCUT2D eigenvalue weighted by Gasteiger charge is -2.40. The van der Waals surface area contributed by atoms with Crippen LogP contribution in [0.3, 0.4) is 0 Å². The van der Waals surface area contributed by atoms with Crippen molar-refractivity contribution in [1.29, 1.82) is 0 Å². The summed E-state index contributed by atoms with van der Waals surface area (Å²) < 4.78 is 0. The lowest BCUT2D eigenvalue weighted by atomic mass is 9.81. The first-order valence-corrected chi connectivity index (χ1v) is 7.29. The van der Waals surface area contributed by atoms with E-state index < -0.39 is 41.6 Å². The molecule has 2 aliphatic heterocycles. The molecule has 0 spiro atoms. The van der Waals surface area contributed by atoms with Crippen LogP contribution in [0.25, 0.3) is 0 Å². The Kier molecular flexibility index (Phi) is 3.70. The fourth-order valence-electron chi connectivity index (χ4n) is 3.81. The van der Waals surface area contributed by atoms with Crippen molar-refractivity contribution < 1.29 is 24.6 Å². The third kappa shape index (κ3) is 2.29. The van der Waals surface area contributed by atoms with E-state index in [0.29, 0.717) is 19.4 Å². The molecule has 2 N–H and O–H groups in total. The molecule has 0 aliphatic carbocycles. The zero-order valence-electron chi connectivity index (χ0n) is 11.9. The number of carbonyl (C=O) groups is 3. The van der Waals surface area contributed by atoms with Crippen molar-refractivity contribution in [3.63, 3.8) is 0 Å². The number of rotatable bonds is 4. The number of Topliss-reactive ketones (excluding diaryl/α,β-unsaturated/α-hetero) is 1. The highest BCUT2D eigenvalue weighted by molar-refractivity contribution is 6.09. The minimum atomic E-state index is -1.25. The van der Waals surface area contributed by atoms with Crippen LogP contribution in [-0.2, 0) is 20.9 Å². The van der Waals surface area contributed by atoms with Crippen LogP contribution in [0.15, 0.2) is 30.3 Å². The molecule has 2 aliphatic rings. The average molecular weight is 303 g/mol. The molecule has 116 valence electrons. The van der Waals surface area contributed by atoms with Crippen molar-refractivity contribution in [2.24, 2.45) is 11.8 Å². The van der Waals surface area contributed by atoms with E-state index in [1.807, 2.05) is 35.2 Å². The van der Waals surface area contributed by atoms with E-state index in [-0.39, 0.29) is 0 Å². The highest BCUT2D eigenvalue weighted by atomic mass is 16.4. The van der Waals surface area contributed by atoms with E-state index in [1.165, 1.54) is 0 Å². The SMILES string of the molecule is O=C(O)C1C(=O)C(C(=O)O)C2CCC1N2Cc1ccccc1. The van der Waals surface area contributed by atoms with Crippen LogP contribution in [0.4, 0.5) is 0 Å². The summed E-state index contributed by atoms with van der Waals surface area (Å²) in [5.41, 5.74) is 0.988. The quantitative estimate of drug-likeness (QED) is 0.806. The monoisotopic (exact) mass is 303 g/mol. The van der Waals surface area contributed by atoms with Crippen LogP contribution in [0.1, 0.15) is 18.4 Å². The molecule has 3 rings (SSSR count). The van der Waals surface area contributed by atoms with Gasteiger partial charge >= 0.3 is 11.9 Å². The standard InChI is InChI=1S/C16H17NO5/c18-14-12(15(19)20)10-6-7-11(13(14)16(21)22)17(10)8-9-4-2-1-3-5-9/h1-5,10-13H,6-8H2,(H,19,20)(H,21,22). The van der Waals surface area contributed by atoms with Crippen molar-refractivity contribution in [3.05, 3.63) is 35.9 Å². The van der Waals surface area contributed by atoms with E-state index in [0.717, 1.165) is 5.56 Å². The van der Waals surface area contributed by atoms with Gasteiger partial charge in [-0.1, -0.05) is 30.3 Å². The Morgan fingerprint density at radius 3 is 1.95 bits per heavy atom. The van der Waals surface area contributed by atoms with Crippen LogP contribution in [0, 0.1) is 11.8 Å². The van der Waals surface area contributed by atoms with Crippen LogP contribution in [-0.4, -0.2) is 44.9 Å². The van der Waals surface area contributed by atoms with Gasteiger partial charge in [-0.05, 0) is 18.4 Å². The smallest absolute Gasteiger partial charge is 0.315 e. The summed E-state index contributed by atoms with van der Waals surface area (Å²) in [7, 11) is 0. The van der Waals surface area contributed by atoms with Gasteiger partial charge < -0.3 is 10.2 Å². The van der Waals surface area contributed by atoms with Gasteiger partial charge in [-0.2, -0.15) is 0 Å². The molecule has 2 heterocycles. The first-order chi connectivity index (χ1) is 10.5. The van der Waals surface area contributed by atoms with Gasteiger partial charge in [0.2, 0.25) is 0 Å². The second-order valence-corrected chi connectivity index (χ2v) is 5.90. The Labute approximate surface area is 127 Å². The third-order valence-corrected chi connectivity index (χ3v) is 4.73. The summed E-state index contributed by atoms with van der Waals surface area (Å²) in [5, 5.41) is 18.7. The van der Waals surface area contributed by atoms with Crippen LogP contribution >= 0.6 is 0 Å². The molecule has 0 radical (unpaired) electrons. The van der Waals surface area contributed by atoms with Crippen molar-refractivity contribution in [2.75, 3.05) is 0 Å². The predicted molar refractivity (Wildman–Crippen MR) is 76.1 cm³/mol. The lowest BCUT2D eigenvalue weighted by Crippen LogP contribution is -2.58. The highest BCUT2D eigenvalue weighted by Crippen LogP contribution is 2.41. The van der Waals surface area contributed by atoms with Gasteiger partial charge in [-0.15, -0.1) is 0 Å². The second kappa shape index (κ2) is 5.53. The number of fused-ring (bicyclic) bond motifs is 2. The Morgan fingerprint density at radius 1 is 1.00 bits per heavy atom. The van der Waals surface area contributed by atoms with E-state index in [4.69, 9.17) is 0 Å². The highest BCUT2D eigenvalue weighted by Gasteiger charge is 2.57. The van der Waals surface area contributed by atoms with Crippen molar-refractivity contribution in [3.8, 4) is 0 Å². The molecule has 6 heteroatoms. The van der Waals surface area contributed by atoms with Gasteiger partial charge in [0.15, 0.2) is 5.78 Å². The number of carbonyl (C=O) groups excluding carboxylic acids is 1. The zero-order valence-corrected chi connectivity index (χ0v) is 11.9. The fourth-order valence-corrected chi connectivity index (χ4v) is 3.81. The van der Waals surface area contributed by atoms with Crippen LogP contribution < -0.4 is 0 Å². The van der Waals surface area contributed by atoms with Crippen molar-refractivity contribution >= 4 is 17.7 Å². The summed E-state index contributed by atoms with van der Waals surface area (Å²) >= 11 is 0. The summed E-state index contributed by atoms with van der Waals surface area (Å²) in [4.78, 5) is 37.1.